The van der Waals surface area contributed by atoms with Crippen LogP contribution in [0.2, 0.25) is 5.02 Å². The van der Waals surface area contributed by atoms with E-state index in [4.69, 9.17) is 11.6 Å². The lowest BCUT2D eigenvalue weighted by atomic mass is 10.0. The summed E-state index contributed by atoms with van der Waals surface area (Å²) in [5, 5.41) is 12.9. The Morgan fingerprint density at radius 2 is 2.00 bits per heavy atom. The first-order chi connectivity index (χ1) is 9.90. The molecular formula is C15H16ClNO3S. The summed E-state index contributed by atoms with van der Waals surface area (Å²) in [6, 6.07) is 6.54. The van der Waals surface area contributed by atoms with Gasteiger partial charge in [-0.1, -0.05) is 43.6 Å². The summed E-state index contributed by atoms with van der Waals surface area (Å²) in [6.45, 7) is 3.82. The zero-order valence-electron chi connectivity index (χ0n) is 11.7. The maximum absolute atomic E-state index is 12.3. The molecule has 4 nitrogen and oxygen atoms in total. The number of nitrogens with one attached hydrogen (secondary N) is 1. The molecule has 2 N–H and O–H groups in total. The average molecular weight is 326 g/mol. The van der Waals surface area contributed by atoms with Crippen molar-refractivity contribution in [3.05, 3.63) is 34.2 Å². The van der Waals surface area contributed by atoms with Gasteiger partial charge in [0.05, 0.1) is 5.02 Å². The van der Waals surface area contributed by atoms with Crippen molar-refractivity contribution in [3.63, 3.8) is 0 Å². The molecule has 2 aromatic rings. The molecule has 0 aliphatic heterocycles. The van der Waals surface area contributed by atoms with Crippen LogP contribution in [0.4, 0.5) is 0 Å². The number of halogens is 1. The van der Waals surface area contributed by atoms with Gasteiger partial charge in [0.15, 0.2) is 0 Å². The second-order valence-corrected chi connectivity index (χ2v) is 6.67. The minimum Gasteiger partial charge on any atom is -0.480 e. The number of carbonyl (C=O) groups is 2. The van der Waals surface area contributed by atoms with Gasteiger partial charge in [0.2, 0.25) is 0 Å². The normalized spacial score (nSPS) is 12.6. The summed E-state index contributed by atoms with van der Waals surface area (Å²) in [7, 11) is 0. The Kier molecular flexibility index (Phi) is 4.85. The van der Waals surface area contributed by atoms with Gasteiger partial charge < -0.3 is 10.4 Å². The van der Waals surface area contributed by atoms with Gasteiger partial charge in [0.1, 0.15) is 10.9 Å². The van der Waals surface area contributed by atoms with E-state index < -0.39 is 17.9 Å². The van der Waals surface area contributed by atoms with Gasteiger partial charge >= 0.3 is 5.97 Å². The number of carbonyl (C=O) groups excluding carboxylic acids is 1. The van der Waals surface area contributed by atoms with Crippen molar-refractivity contribution in [2.24, 2.45) is 5.92 Å². The van der Waals surface area contributed by atoms with E-state index in [1.165, 1.54) is 11.3 Å². The molecule has 0 spiro atoms. The van der Waals surface area contributed by atoms with Crippen LogP contribution in [0.25, 0.3) is 10.1 Å². The number of carboxylic acid groups (broad SMARTS) is 1. The zero-order valence-corrected chi connectivity index (χ0v) is 13.3. The van der Waals surface area contributed by atoms with E-state index in [1.54, 1.807) is 0 Å². The van der Waals surface area contributed by atoms with Gasteiger partial charge in [0.25, 0.3) is 5.91 Å². The number of carboxylic acids is 1. The van der Waals surface area contributed by atoms with Crippen molar-refractivity contribution >= 4 is 44.9 Å². The number of rotatable bonds is 5. The van der Waals surface area contributed by atoms with Crippen molar-refractivity contribution in [1.29, 1.82) is 0 Å². The topological polar surface area (TPSA) is 66.4 Å². The third-order valence-corrected chi connectivity index (χ3v) is 4.73. The summed E-state index contributed by atoms with van der Waals surface area (Å²) < 4.78 is 0.906. The molecule has 0 saturated heterocycles. The fourth-order valence-electron chi connectivity index (χ4n) is 2.08. The van der Waals surface area contributed by atoms with Crippen molar-refractivity contribution in [2.45, 2.75) is 26.3 Å². The molecule has 1 amide bonds. The summed E-state index contributed by atoms with van der Waals surface area (Å²) in [6.07, 6.45) is 0.379. The Morgan fingerprint density at radius 1 is 1.33 bits per heavy atom. The number of hydrogen-bond acceptors (Lipinski definition) is 3. The molecular weight excluding hydrogens is 310 g/mol. The third kappa shape index (κ3) is 3.54. The highest BCUT2D eigenvalue weighted by atomic mass is 35.5. The highest BCUT2D eigenvalue weighted by Crippen LogP contribution is 2.35. The van der Waals surface area contributed by atoms with Gasteiger partial charge in [-0.25, -0.2) is 4.79 Å². The highest BCUT2D eigenvalue weighted by molar-refractivity contribution is 7.21. The molecule has 0 bridgehead atoms. The smallest absolute Gasteiger partial charge is 0.326 e. The van der Waals surface area contributed by atoms with E-state index in [1.807, 2.05) is 38.1 Å². The highest BCUT2D eigenvalue weighted by Gasteiger charge is 2.24. The number of benzene rings is 1. The first-order valence-electron chi connectivity index (χ1n) is 6.60. The Morgan fingerprint density at radius 3 is 2.57 bits per heavy atom. The molecule has 0 fully saturated rings. The van der Waals surface area contributed by atoms with Gasteiger partial charge in [0, 0.05) is 10.1 Å². The molecule has 1 unspecified atom stereocenters. The van der Waals surface area contributed by atoms with Crippen LogP contribution in [0, 0.1) is 5.92 Å². The van der Waals surface area contributed by atoms with Crippen molar-refractivity contribution in [2.75, 3.05) is 0 Å². The molecule has 2 rings (SSSR count). The molecule has 0 aliphatic carbocycles. The Hall–Kier alpha value is -1.59. The van der Waals surface area contributed by atoms with Crippen LogP contribution in [0.1, 0.15) is 29.9 Å². The number of hydrogen-bond donors (Lipinski definition) is 2. The number of fused-ring (bicyclic) bond motifs is 1. The Labute approximate surface area is 131 Å². The maximum atomic E-state index is 12.3. The molecule has 1 aromatic heterocycles. The maximum Gasteiger partial charge on any atom is 0.326 e. The van der Waals surface area contributed by atoms with Crippen molar-refractivity contribution in [1.82, 2.24) is 5.32 Å². The molecule has 0 saturated carbocycles. The number of thiophene rings is 1. The SMILES string of the molecule is CC(C)CC(NC(=O)c1sc2ccccc2c1Cl)C(=O)O. The summed E-state index contributed by atoms with van der Waals surface area (Å²) in [5.74, 6) is -1.30. The third-order valence-electron chi connectivity index (χ3n) is 3.05. The molecule has 0 radical (unpaired) electrons. The summed E-state index contributed by atoms with van der Waals surface area (Å²) in [4.78, 5) is 23.9. The van der Waals surface area contributed by atoms with E-state index >= 15 is 0 Å². The van der Waals surface area contributed by atoms with Crippen molar-refractivity contribution in [3.8, 4) is 0 Å². The largest absolute Gasteiger partial charge is 0.480 e. The fraction of sp³-hybridized carbons (Fsp3) is 0.333. The summed E-state index contributed by atoms with van der Waals surface area (Å²) in [5.41, 5.74) is 0. The van der Waals surface area contributed by atoms with Gasteiger partial charge in [-0.05, 0) is 18.4 Å². The predicted molar refractivity (Wildman–Crippen MR) is 85.2 cm³/mol. The standard InChI is InChI=1S/C15H16ClNO3S/c1-8(2)7-10(15(19)20)17-14(18)13-12(16)9-5-3-4-6-11(9)21-13/h3-6,8,10H,7H2,1-2H3,(H,17,18)(H,19,20). The van der Waals surface area contributed by atoms with E-state index in [9.17, 15) is 14.7 Å². The molecule has 0 aliphatic rings. The average Bonchev–Trinajstić information content (AvgIpc) is 2.75. The van der Waals surface area contributed by atoms with Crippen LogP contribution in [0.3, 0.4) is 0 Å². The monoisotopic (exact) mass is 325 g/mol. The zero-order chi connectivity index (χ0) is 15.6. The molecule has 6 heteroatoms. The first kappa shape index (κ1) is 15.8. The van der Waals surface area contributed by atoms with Crippen LogP contribution < -0.4 is 5.32 Å². The molecule has 1 aromatic carbocycles. The van der Waals surface area contributed by atoms with Crippen molar-refractivity contribution < 1.29 is 14.7 Å². The van der Waals surface area contributed by atoms with Crippen LogP contribution in [-0.4, -0.2) is 23.0 Å². The number of aliphatic carboxylic acids is 1. The lowest BCUT2D eigenvalue weighted by Gasteiger charge is -2.16. The second-order valence-electron chi connectivity index (χ2n) is 5.24. The predicted octanol–water partition coefficient (Wildman–Crippen LogP) is 3.78. The minimum atomic E-state index is -1.03. The van der Waals surface area contributed by atoms with E-state index in [0.717, 1.165) is 10.1 Å². The fourth-order valence-corrected chi connectivity index (χ4v) is 3.50. The van der Waals surface area contributed by atoms with Gasteiger partial charge in [-0.2, -0.15) is 0 Å². The second kappa shape index (κ2) is 6.45. The lowest BCUT2D eigenvalue weighted by Crippen LogP contribution is -2.41. The molecule has 1 atom stereocenters. The Bertz CT molecular complexity index is 681. The van der Waals surface area contributed by atoms with Gasteiger partial charge in [-0.15, -0.1) is 11.3 Å². The first-order valence-corrected chi connectivity index (χ1v) is 7.80. The molecule has 1 heterocycles. The van der Waals surface area contributed by atoms with Crippen LogP contribution in [0.5, 0.6) is 0 Å². The molecule has 21 heavy (non-hydrogen) atoms. The minimum absolute atomic E-state index is 0.171. The quantitative estimate of drug-likeness (QED) is 0.879. The lowest BCUT2D eigenvalue weighted by molar-refractivity contribution is -0.139. The Balaban J connectivity index is 2.25. The van der Waals surface area contributed by atoms with E-state index in [0.29, 0.717) is 16.3 Å². The molecule has 112 valence electrons. The van der Waals surface area contributed by atoms with Crippen LogP contribution in [0.15, 0.2) is 24.3 Å². The number of amides is 1. The van der Waals surface area contributed by atoms with E-state index in [2.05, 4.69) is 5.32 Å². The van der Waals surface area contributed by atoms with Crippen LogP contribution in [-0.2, 0) is 4.79 Å². The van der Waals surface area contributed by atoms with E-state index in [-0.39, 0.29) is 5.92 Å². The van der Waals surface area contributed by atoms with Gasteiger partial charge in [-0.3, -0.25) is 4.79 Å². The van der Waals surface area contributed by atoms with Crippen LogP contribution >= 0.6 is 22.9 Å². The summed E-state index contributed by atoms with van der Waals surface area (Å²) >= 11 is 7.49.